The summed E-state index contributed by atoms with van der Waals surface area (Å²) in [6, 6.07) is 15.6. The summed E-state index contributed by atoms with van der Waals surface area (Å²) >= 11 is 6.06. The molecule has 0 bridgehead atoms. The van der Waals surface area contributed by atoms with Gasteiger partial charge in [0.2, 0.25) is 0 Å². The second kappa shape index (κ2) is 9.81. The number of morpholine rings is 1. The van der Waals surface area contributed by atoms with Crippen LogP contribution < -0.4 is 5.32 Å². The van der Waals surface area contributed by atoms with E-state index in [1.165, 1.54) is 5.56 Å². The number of hydrogen-bond acceptors (Lipinski definition) is 5. The Morgan fingerprint density at radius 3 is 2.50 bits per heavy atom. The Bertz CT molecular complexity index is 1070. The fourth-order valence-electron chi connectivity index (χ4n) is 4.09. The molecule has 2 aromatic carbocycles. The van der Waals surface area contributed by atoms with Crippen LogP contribution in [0.3, 0.4) is 0 Å². The van der Waals surface area contributed by atoms with E-state index in [1.807, 2.05) is 19.1 Å². The Morgan fingerprint density at radius 1 is 1.12 bits per heavy atom. The van der Waals surface area contributed by atoms with Crippen molar-refractivity contribution in [2.24, 2.45) is 0 Å². The summed E-state index contributed by atoms with van der Waals surface area (Å²) in [5.41, 5.74) is 4.01. The lowest BCUT2D eigenvalue weighted by atomic mass is 10.1. The Balaban J connectivity index is 1.34. The Kier molecular flexibility index (Phi) is 6.89. The van der Waals surface area contributed by atoms with Crippen LogP contribution in [-0.4, -0.2) is 51.1 Å². The lowest BCUT2D eigenvalue weighted by Crippen LogP contribution is -2.44. The molecule has 0 radical (unpaired) electrons. The van der Waals surface area contributed by atoms with Gasteiger partial charge in [-0.3, -0.25) is 9.69 Å². The molecule has 7 nitrogen and oxygen atoms in total. The van der Waals surface area contributed by atoms with E-state index in [0.717, 1.165) is 30.9 Å². The van der Waals surface area contributed by atoms with E-state index in [0.29, 0.717) is 23.0 Å². The van der Waals surface area contributed by atoms with E-state index in [9.17, 15) is 4.79 Å². The predicted octanol–water partition coefficient (Wildman–Crippen LogP) is 3.77. The van der Waals surface area contributed by atoms with Gasteiger partial charge >= 0.3 is 0 Å². The molecule has 1 aliphatic heterocycles. The van der Waals surface area contributed by atoms with Crippen molar-refractivity contribution in [2.45, 2.75) is 46.1 Å². The summed E-state index contributed by atoms with van der Waals surface area (Å²) in [4.78, 5) is 15.1. The Morgan fingerprint density at radius 2 is 1.81 bits per heavy atom. The van der Waals surface area contributed by atoms with Crippen molar-refractivity contribution >= 4 is 17.5 Å². The smallest absolute Gasteiger partial charge is 0.274 e. The molecule has 0 spiro atoms. The van der Waals surface area contributed by atoms with Crippen molar-refractivity contribution in [3.05, 3.63) is 76.1 Å². The highest BCUT2D eigenvalue weighted by Crippen LogP contribution is 2.17. The third-order valence-corrected chi connectivity index (χ3v) is 5.77. The topological polar surface area (TPSA) is 72.3 Å². The van der Waals surface area contributed by atoms with Gasteiger partial charge in [-0.15, -0.1) is 5.10 Å². The normalized spacial score (nSPS) is 19.1. The third-order valence-electron chi connectivity index (χ3n) is 5.54. The van der Waals surface area contributed by atoms with Gasteiger partial charge in [0.25, 0.3) is 5.91 Å². The van der Waals surface area contributed by atoms with Gasteiger partial charge < -0.3 is 10.1 Å². The monoisotopic (exact) mass is 453 g/mol. The number of ether oxygens (including phenoxy) is 1. The molecule has 3 aromatic rings. The summed E-state index contributed by atoms with van der Waals surface area (Å²) < 4.78 is 7.42. The first-order chi connectivity index (χ1) is 15.4. The van der Waals surface area contributed by atoms with E-state index in [-0.39, 0.29) is 18.1 Å². The van der Waals surface area contributed by atoms with Gasteiger partial charge in [-0.2, -0.15) is 0 Å². The number of carbonyl (C=O) groups is 1. The molecule has 1 saturated heterocycles. The minimum Gasteiger partial charge on any atom is -0.373 e. The lowest BCUT2D eigenvalue weighted by molar-refractivity contribution is -0.0704. The zero-order chi connectivity index (χ0) is 22.7. The number of nitrogens with one attached hydrogen (secondary N) is 1. The minimum absolute atomic E-state index is 0.254. The summed E-state index contributed by atoms with van der Waals surface area (Å²) in [6.07, 6.45) is 0.516. The van der Waals surface area contributed by atoms with Crippen LogP contribution in [0.1, 0.15) is 41.2 Å². The molecule has 1 N–H and O–H groups in total. The van der Waals surface area contributed by atoms with Crippen molar-refractivity contribution in [1.82, 2.24) is 25.2 Å². The number of nitrogens with zero attached hydrogens (tertiary/aromatic N) is 4. The maximum absolute atomic E-state index is 12.7. The molecule has 8 heteroatoms. The van der Waals surface area contributed by atoms with Gasteiger partial charge in [-0.25, -0.2) is 4.68 Å². The maximum atomic E-state index is 12.7. The highest BCUT2D eigenvalue weighted by atomic mass is 35.5. The van der Waals surface area contributed by atoms with Crippen LogP contribution in [0.2, 0.25) is 5.02 Å². The second-order valence-corrected chi connectivity index (χ2v) is 8.80. The zero-order valence-corrected chi connectivity index (χ0v) is 19.3. The molecular formula is C24H28ClN5O2. The van der Waals surface area contributed by atoms with Gasteiger partial charge in [0.1, 0.15) is 0 Å². The summed E-state index contributed by atoms with van der Waals surface area (Å²) in [5, 5.41) is 11.7. The fourth-order valence-corrected chi connectivity index (χ4v) is 4.28. The van der Waals surface area contributed by atoms with E-state index in [4.69, 9.17) is 16.3 Å². The molecule has 1 fully saturated rings. The fraction of sp³-hybridized carbons (Fsp3) is 0.375. The highest BCUT2D eigenvalue weighted by Gasteiger charge is 2.22. The van der Waals surface area contributed by atoms with Gasteiger partial charge in [0.05, 0.1) is 23.6 Å². The van der Waals surface area contributed by atoms with Crippen LogP contribution >= 0.6 is 11.6 Å². The average Bonchev–Trinajstić information content (AvgIpc) is 3.14. The van der Waals surface area contributed by atoms with E-state index < -0.39 is 0 Å². The van der Waals surface area contributed by atoms with E-state index >= 15 is 0 Å². The Hall–Kier alpha value is -2.74. The van der Waals surface area contributed by atoms with Crippen molar-refractivity contribution in [2.75, 3.05) is 13.1 Å². The largest absolute Gasteiger partial charge is 0.373 e. The predicted molar refractivity (Wildman–Crippen MR) is 124 cm³/mol. The number of rotatable bonds is 6. The van der Waals surface area contributed by atoms with Crippen LogP contribution in [0.25, 0.3) is 5.69 Å². The molecule has 1 aliphatic rings. The molecule has 168 valence electrons. The van der Waals surface area contributed by atoms with Crippen LogP contribution in [0.4, 0.5) is 0 Å². The molecule has 2 atom stereocenters. The number of carbonyl (C=O) groups excluding carboxylic acids is 1. The number of hydrogen-bond donors (Lipinski definition) is 1. The summed E-state index contributed by atoms with van der Waals surface area (Å²) in [6.45, 7) is 9.25. The van der Waals surface area contributed by atoms with Crippen LogP contribution in [0, 0.1) is 6.92 Å². The molecule has 0 aliphatic carbocycles. The molecule has 1 aromatic heterocycles. The number of halogens is 1. The number of benzene rings is 2. The Labute approximate surface area is 193 Å². The quantitative estimate of drug-likeness (QED) is 0.615. The van der Waals surface area contributed by atoms with Gasteiger partial charge in [-0.1, -0.05) is 47.1 Å². The number of aromatic nitrogens is 3. The molecule has 0 saturated carbocycles. The van der Waals surface area contributed by atoms with Crippen LogP contribution in [0.15, 0.2) is 48.5 Å². The third kappa shape index (κ3) is 5.35. The zero-order valence-electron chi connectivity index (χ0n) is 18.6. The lowest BCUT2D eigenvalue weighted by Gasteiger charge is -2.35. The standard InChI is InChI=1S/C24H28ClN5O2/c1-16-13-29(14-17(2)32-16)15-20-9-7-19(8-10-20)12-26-24(31)23-18(3)30(28-27-23)22-6-4-5-21(25)11-22/h4-11,16-17H,12-15H2,1-3H3,(H,26,31). The first kappa shape index (κ1) is 22.5. The summed E-state index contributed by atoms with van der Waals surface area (Å²) in [7, 11) is 0. The van der Waals surface area contributed by atoms with Crippen molar-refractivity contribution in [3.63, 3.8) is 0 Å². The second-order valence-electron chi connectivity index (χ2n) is 8.37. The average molecular weight is 454 g/mol. The van der Waals surface area contributed by atoms with Gasteiger partial charge in [0, 0.05) is 31.2 Å². The highest BCUT2D eigenvalue weighted by molar-refractivity contribution is 6.30. The maximum Gasteiger partial charge on any atom is 0.274 e. The van der Waals surface area contributed by atoms with Crippen molar-refractivity contribution < 1.29 is 9.53 Å². The van der Waals surface area contributed by atoms with E-state index in [1.54, 1.807) is 16.8 Å². The molecule has 4 rings (SSSR count). The number of amides is 1. The molecule has 1 amide bonds. The molecule has 32 heavy (non-hydrogen) atoms. The summed E-state index contributed by atoms with van der Waals surface area (Å²) in [5.74, 6) is -0.254. The molecule has 2 heterocycles. The van der Waals surface area contributed by atoms with Crippen LogP contribution in [-0.2, 0) is 17.8 Å². The minimum atomic E-state index is -0.254. The SMILES string of the molecule is Cc1c(C(=O)NCc2ccc(CN3CC(C)OC(C)C3)cc2)nnn1-c1cccc(Cl)c1. The van der Waals surface area contributed by atoms with Crippen molar-refractivity contribution in [1.29, 1.82) is 0 Å². The first-order valence-corrected chi connectivity index (χ1v) is 11.2. The van der Waals surface area contributed by atoms with Crippen molar-refractivity contribution in [3.8, 4) is 5.69 Å². The first-order valence-electron chi connectivity index (χ1n) is 10.8. The molecule has 2 unspecified atom stereocenters. The van der Waals surface area contributed by atoms with Crippen LogP contribution in [0.5, 0.6) is 0 Å². The van der Waals surface area contributed by atoms with Gasteiger partial charge in [0.15, 0.2) is 5.69 Å². The molecular weight excluding hydrogens is 426 g/mol. The van der Waals surface area contributed by atoms with E-state index in [2.05, 4.69) is 58.6 Å². The van der Waals surface area contributed by atoms with Gasteiger partial charge in [-0.05, 0) is 50.1 Å².